The molecule has 1 fully saturated rings. The molecule has 0 atom stereocenters. The van der Waals surface area contributed by atoms with Gasteiger partial charge in [0.15, 0.2) is 0 Å². The van der Waals surface area contributed by atoms with Crippen LogP contribution in [0, 0.1) is 5.92 Å². The first kappa shape index (κ1) is 19.2. The predicted octanol–water partition coefficient (Wildman–Crippen LogP) is 4.18. The molecule has 1 amide bonds. The SMILES string of the molecule is COc1cccc(C(=O)NCC2CCC(c3[nH]ncc3-c3ccncc3)CC2)c1. The number of ether oxygens (including phenoxy) is 1. The first-order chi connectivity index (χ1) is 14.2. The lowest BCUT2D eigenvalue weighted by molar-refractivity contribution is 0.0942. The van der Waals surface area contributed by atoms with Crippen LogP contribution >= 0.6 is 0 Å². The summed E-state index contributed by atoms with van der Waals surface area (Å²) in [7, 11) is 1.61. The average Bonchev–Trinajstić information content (AvgIpc) is 3.28. The van der Waals surface area contributed by atoms with Gasteiger partial charge in [0.1, 0.15) is 5.75 Å². The molecule has 0 spiro atoms. The molecule has 1 aliphatic rings. The first-order valence-electron chi connectivity index (χ1n) is 10.1. The van der Waals surface area contributed by atoms with Gasteiger partial charge in [-0.2, -0.15) is 5.10 Å². The number of amides is 1. The van der Waals surface area contributed by atoms with Gasteiger partial charge in [0.05, 0.1) is 13.3 Å². The number of aromatic nitrogens is 3. The zero-order valence-electron chi connectivity index (χ0n) is 16.6. The fourth-order valence-corrected chi connectivity index (χ4v) is 4.13. The summed E-state index contributed by atoms with van der Waals surface area (Å²) in [6.07, 6.45) is 9.92. The maximum atomic E-state index is 12.4. The van der Waals surface area contributed by atoms with Crippen LogP contribution in [0.5, 0.6) is 5.75 Å². The fraction of sp³-hybridized carbons (Fsp3) is 0.348. The molecule has 2 N–H and O–H groups in total. The number of hydrogen-bond acceptors (Lipinski definition) is 4. The van der Waals surface area contributed by atoms with Crippen molar-refractivity contribution >= 4 is 5.91 Å². The van der Waals surface area contributed by atoms with Gasteiger partial charge in [-0.3, -0.25) is 14.9 Å². The monoisotopic (exact) mass is 390 g/mol. The largest absolute Gasteiger partial charge is 0.497 e. The molecule has 0 unspecified atom stereocenters. The molecule has 4 rings (SSSR count). The first-order valence-corrected chi connectivity index (χ1v) is 10.1. The van der Waals surface area contributed by atoms with Crippen LogP contribution in [0.3, 0.4) is 0 Å². The third-order valence-corrected chi connectivity index (χ3v) is 5.80. The van der Waals surface area contributed by atoms with E-state index in [1.807, 2.05) is 48.9 Å². The molecule has 6 heteroatoms. The molecular weight excluding hydrogens is 364 g/mol. The molecule has 2 aromatic heterocycles. The Balaban J connectivity index is 1.31. The Hall–Kier alpha value is -3.15. The number of carbonyl (C=O) groups is 1. The number of benzene rings is 1. The highest BCUT2D eigenvalue weighted by Crippen LogP contribution is 2.38. The maximum Gasteiger partial charge on any atom is 0.251 e. The van der Waals surface area contributed by atoms with Crippen LogP contribution in [0.15, 0.2) is 55.0 Å². The third-order valence-electron chi connectivity index (χ3n) is 5.80. The van der Waals surface area contributed by atoms with Crippen LogP contribution < -0.4 is 10.1 Å². The Morgan fingerprint density at radius 1 is 1.17 bits per heavy atom. The van der Waals surface area contributed by atoms with Crippen molar-refractivity contribution in [3.63, 3.8) is 0 Å². The van der Waals surface area contributed by atoms with Gasteiger partial charge in [0.2, 0.25) is 0 Å². The van der Waals surface area contributed by atoms with Gasteiger partial charge in [0, 0.05) is 41.7 Å². The number of pyridine rings is 1. The van der Waals surface area contributed by atoms with Crippen molar-refractivity contribution < 1.29 is 9.53 Å². The fourth-order valence-electron chi connectivity index (χ4n) is 4.13. The number of methoxy groups -OCH3 is 1. The molecule has 0 radical (unpaired) electrons. The number of H-pyrrole nitrogens is 1. The summed E-state index contributed by atoms with van der Waals surface area (Å²) in [4.78, 5) is 16.5. The van der Waals surface area contributed by atoms with Crippen LogP contribution in [0.1, 0.15) is 47.7 Å². The van der Waals surface area contributed by atoms with E-state index in [2.05, 4.69) is 20.5 Å². The lowest BCUT2D eigenvalue weighted by Gasteiger charge is -2.28. The Bertz CT molecular complexity index is 946. The summed E-state index contributed by atoms with van der Waals surface area (Å²) in [5.41, 5.74) is 4.17. The summed E-state index contributed by atoms with van der Waals surface area (Å²) in [6.45, 7) is 0.711. The van der Waals surface area contributed by atoms with Crippen molar-refractivity contribution in [1.82, 2.24) is 20.5 Å². The summed E-state index contributed by atoms with van der Waals surface area (Å²) < 4.78 is 5.20. The van der Waals surface area contributed by atoms with E-state index in [0.717, 1.165) is 31.2 Å². The lowest BCUT2D eigenvalue weighted by atomic mass is 9.79. The topological polar surface area (TPSA) is 79.9 Å². The van der Waals surface area contributed by atoms with E-state index in [4.69, 9.17) is 4.74 Å². The number of aromatic amines is 1. The molecular formula is C23H26N4O2. The van der Waals surface area contributed by atoms with E-state index in [1.165, 1.54) is 11.3 Å². The number of nitrogens with zero attached hydrogens (tertiary/aromatic N) is 2. The van der Waals surface area contributed by atoms with Gasteiger partial charge in [-0.15, -0.1) is 0 Å². The highest BCUT2D eigenvalue weighted by molar-refractivity contribution is 5.94. The zero-order chi connectivity index (χ0) is 20.1. The molecule has 3 aromatic rings. The normalized spacial score (nSPS) is 18.9. The van der Waals surface area contributed by atoms with Gasteiger partial charge in [0.25, 0.3) is 5.91 Å². The molecule has 1 aliphatic carbocycles. The summed E-state index contributed by atoms with van der Waals surface area (Å²) in [5.74, 6) is 1.64. The smallest absolute Gasteiger partial charge is 0.251 e. The minimum Gasteiger partial charge on any atom is -0.497 e. The molecule has 6 nitrogen and oxygen atoms in total. The van der Waals surface area contributed by atoms with Crippen LogP contribution in [-0.2, 0) is 0 Å². The van der Waals surface area contributed by atoms with Gasteiger partial charge in [-0.1, -0.05) is 6.07 Å². The van der Waals surface area contributed by atoms with Crippen LogP contribution in [-0.4, -0.2) is 34.7 Å². The van der Waals surface area contributed by atoms with E-state index in [9.17, 15) is 4.79 Å². The highest BCUT2D eigenvalue weighted by Gasteiger charge is 2.26. The van der Waals surface area contributed by atoms with Gasteiger partial charge >= 0.3 is 0 Å². The molecule has 29 heavy (non-hydrogen) atoms. The van der Waals surface area contributed by atoms with Gasteiger partial charge < -0.3 is 10.1 Å². The van der Waals surface area contributed by atoms with Crippen molar-refractivity contribution in [2.24, 2.45) is 5.92 Å². The predicted molar refractivity (Wildman–Crippen MR) is 112 cm³/mol. The number of carbonyl (C=O) groups excluding carboxylic acids is 1. The van der Waals surface area contributed by atoms with E-state index < -0.39 is 0 Å². The second-order valence-corrected chi connectivity index (χ2v) is 7.59. The molecule has 150 valence electrons. The Morgan fingerprint density at radius 3 is 2.72 bits per heavy atom. The lowest BCUT2D eigenvalue weighted by Crippen LogP contribution is -2.31. The van der Waals surface area contributed by atoms with Gasteiger partial charge in [-0.25, -0.2) is 0 Å². The van der Waals surface area contributed by atoms with Gasteiger partial charge in [-0.05, 0) is 67.5 Å². The van der Waals surface area contributed by atoms with E-state index in [0.29, 0.717) is 29.7 Å². The maximum absolute atomic E-state index is 12.4. The molecule has 1 saturated carbocycles. The number of rotatable bonds is 6. The molecule has 1 aromatic carbocycles. The van der Waals surface area contributed by atoms with E-state index >= 15 is 0 Å². The third kappa shape index (κ3) is 4.47. The van der Waals surface area contributed by atoms with Crippen LogP contribution in [0.25, 0.3) is 11.1 Å². The van der Waals surface area contributed by atoms with Crippen LogP contribution in [0.4, 0.5) is 0 Å². The Labute approximate surface area is 170 Å². The average molecular weight is 390 g/mol. The minimum atomic E-state index is -0.0421. The molecule has 2 heterocycles. The second-order valence-electron chi connectivity index (χ2n) is 7.59. The van der Waals surface area contributed by atoms with Crippen molar-refractivity contribution in [2.45, 2.75) is 31.6 Å². The highest BCUT2D eigenvalue weighted by atomic mass is 16.5. The van der Waals surface area contributed by atoms with E-state index in [1.54, 1.807) is 13.2 Å². The second kappa shape index (κ2) is 8.90. The molecule has 0 saturated heterocycles. The van der Waals surface area contributed by atoms with Crippen molar-refractivity contribution in [1.29, 1.82) is 0 Å². The zero-order valence-corrected chi connectivity index (χ0v) is 16.6. The Morgan fingerprint density at radius 2 is 1.97 bits per heavy atom. The number of hydrogen-bond donors (Lipinski definition) is 2. The van der Waals surface area contributed by atoms with Crippen molar-refractivity contribution in [3.8, 4) is 16.9 Å². The van der Waals surface area contributed by atoms with Crippen molar-refractivity contribution in [3.05, 3.63) is 66.2 Å². The van der Waals surface area contributed by atoms with E-state index in [-0.39, 0.29) is 5.91 Å². The Kier molecular flexibility index (Phi) is 5.89. The summed E-state index contributed by atoms with van der Waals surface area (Å²) in [5, 5.41) is 10.6. The minimum absolute atomic E-state index is 0.0421. The quantitative estimate of drug-likeness (QED) is 0.662. The van der Waals surface area contributed by atoms with Crippen molar-refractivity contribution in [2.75, 3.05) is 13.7 Å². The molecule has 0 bridgehead atoms. The summed E-state index contributed by atoms with van der Waals surface area (Å²) >= 11 is 0. The summed E-state index contributed by atoms with van der Waals surface area (Å²) in [6, 6.07) is 11.3. The molecule has 0 aliphatic heterocycles. The van der Waals surface area contributed by atoms with Crippen LogP contribution in [0.2, 0.25) is 0 Å². The standard InChI is InChI=1S/C23H26N4O2/c1-29-20-4-2-3-19(13-20)23(28)25-14-16-5-7-18(8-6-16)22-21(15-26-27-22)17-9-11-24-12-10-17/h2-4,9-13,15-16,18H,5-8,14H2,1H3,(H,25,28)(H,26,27). The number of nitrogens with one attached hydrogen (secondary N) is 2.